The Balaban J connectivity index is 1.73. The zero-order chi connectivity index (χ0) is 15.7. The van der Waals surface area contributed by atoms with Gasteiger partial charge in [-0.2, -0.15) is 0 Å². The molecule has 2 rings (SSSR count). The van der Waals surface area contributed by atoms with Gasteiger partial charge < -0.3 is 21.1 Å². The van der Waals surface area contributed by atoms with Gasteiger partial charge in [0.1, 0.15) is 5.54 Å². The second-order valence-electron chi connectivity index (χ2n) is 6.66. The molecule has 0 saturated heterocycles. The first kappa shape index (κ1) is 16.2. The van der Waals surface area contributed by atoms with Crippen molar-refractivity contribution in [3.8, 4) is 0 Å². The fourth-order valence-corrected chi connectivity index (χ4v) is 2.83. The van der Waals surface area contributed by atoms with Crippen LogP contribution in [0.1, 0.15) is 40.0 Å². The van der Waals surface area contributed by atoms with E-state index < -0.39 is 5.54 Å². The quantitative estimate of drug-likeness (QED) is 0.584. The van der Waals surface area contributed by atoms with E-state index in [1.54, 1.807) is 0 Å². The lowest BCUT2D eigenvalue weighted by Gasteiger charge is -2.57. The van der Waals surface area contributed by atoms with Gasteiger partial charge in [0.2, 0.25) is 11.8 Å². The Morgan fingerprint density at radius 3 is 2.38 bits per heavy atom. The van der Waals surface area contributed by atoms with Crippen molar-refractivity contribution in [3.05, 3.63) is 0 Å². The second kappa shape index (κ2) is 5.93. The summed E-state index contributed by atoms with van der Waals surface area (Å²) in [6, 6.07) is 0. The first-order valence-corrected chi connectivity index (χ1v) is 7.79. The number of carbonyl (C=O) groups is 2. The zero-order valence-corrected chi connectivity index (χ0v) is 13.2. The summed E-state index contributed by atoms with van der Waals surface area (Å²) in [7, 11) is 0. The molecule has 2 atom stereocenters. The van der Waals surface area contributed by atoms with Crippen molar-refractivity contribution in [1.82, 2.24) is 10.6 Å². The summed E-state index contributed by atoms with van der Waals surface area (Å²) in [6.07, 6.45) is 2.52. The molecule has 6 nitrogen and oxygen atoms in total. The minimum atomic E-state index is -0.895. The van der Waals surface area contributed by atoms with Gasteiger partial charge in [-0.25, -0.2) is 0 Å². The molecule has 21 heavy (non-hydrogen) atoms. The Labute approximate surface area is 126 Å². The van der Waals surface area contributed by atoms with Gasteiger partial charge in [0.15, 0.2) is 0 Å². The molecule has 2 saturated carbocycles. The third-order valence-corrected chi connectivity index (χ3v) is 4.89. The van der Waals surface area contributed by atoms with E-state index in [0.29, 0.717) is 26.1 Å². The maximum atomic E-state index is 12.3. The maximum absolute atomic E-state index is 12.3. The van der Waals surface area contributed by atoms with Crippen LogP contribution in [0, 0.1) is 11.3 Å². The Morgan fingerprint density at radius 1 is 1.24 bits per heavy atom. The van der Waals surface area contributed by atoms with Crippen molar-refractivity contribution in [1.29, 1.82) is 0 Å². The van der Waals surface area contributed by atoms with E-state index in [9.17, 15) is 9.59 Å². The minimum Gasteiger partial charge on any atom is -0.378 e. The number of carbonyl (C=O) groups excluding carboxylic acids is 2. The fraction of sp³-hybridized carbons (Fsp3) is 0.867. The molecule has 2 amide bonds. The molecular formula is C15H27N3O3. The van der Waals surface area contributed by atoms with Crippen molar-refractivity contribution in [2.24, 2.45) is 17.1 Å². The van der Waals surface area contributed by atoms with Crippen molar-refractivity contribution >= 4 is 11.8 Å². The number of nitrogens with two attached hydrogens (primary N) is 1. The van der Waals surface area contributed by atoms with Crippen LogP contribution in [-0.2, 0) is 14.3 Å². The molecule has 0 bridgehead atoms. The lowest BCUT2D eigenvalue weighted by atomic mass is 9.54. The highest BCUT2D eigenvalue weighted by Gasteiger charge is 2.62. The lowest BCUT2D eigenvalue weighted by Crippen LogP contribution is -2.75. The Hall–Kier alpha value is -1.14. The van der Waals surface area contributed by atoms with Crippen molar-refractivity contribution in [2.45, 2.75) is 51.7 Å². The summed E-state index contributed by atoms with van der Waals surface area (Å²) in [5.74, 6) is 0.121. The van der Waals surface area contributed by atoms with Crippen LogP contribution >= 0.6 is 0 Å². The molecule has 120 valence electrons. The summed E-state index contributed by atoms with van der Waals surface area (Å²) < 4.78 is 5.61. The summed E-state index contributed by atoms with van der Waals surface area (Å²) in [5.41, 5.74) is 4.99. The fourth-order valence-electron chi connectivity index (χ4n) is 2.83. The molecule has 2 unspecified atom stereocenters. The van der Waals surface area contributed by atoms with Gasteiger partial charge in [0, 0.05) is 37.5 Å². The molecule has 2 aliphatic rings. The second-order valence-corrected chi connectivity index (χ2v) is 6.66. The summed E-state index contributed by atoms with van der Waals surface area (Å²) >= 11 is 0. The minimum absolute atomic E-state index is 0.0211. The van der Waals surface area contributed by atoms with Crippen LogP contribution < -0.4 is 16.4 Å². The molecule has 0 aromatic heterocycles. The molecular weight excluding hydrogens is 270 g/mol. The standard InChI is InChI=1S/C15H27N3O3/c1-4-21-11-9-15(16,14(11,2)3)13(20)18-8-7-17-12(19)10-5-6-10/h10-11H,4-9,16H2,1-3H3,(H,17,19)(H,18,20). The molecule has 0 aromatic rings. The average Bonchev–Trinajstić information content (AvgIpc) is 3.27. The predicted octanol–water partition coefficient (Wildman–Crippen LogP) is 0.161. The Morgan fingerprint density at radius 2 is 1.86 bits per heavy atom. The highest BCUT2D eigenvalue weighted by atomic mass is 16.5. The number of hydrogen-bond donors (Lipinski definition) is 3. The van der Waals surface area contributed by atoms with Gasteiger partial charge in [-0.15, -0.1) is 0 Å². The molecule has 4 N–H and O–H groups in total. The topological polar surface area (TPSA) is 93.4 Å². The number of amides is 2. The number of rotatable bonds is 7. The summed E-state index contributed by atoms with van der Waals surface area (Å²) in [5, 5.41) is 5.64. The number of nitrogens with one attached hydrogen (secondary N) is 2. The summed E-state index contributed by atoms with van der Waals surface area (Å²) in [4.78, 5) is 23.8. The average molecular weight is 297 g/mol. The molecule has 0 radical (unpaired) electrons. The number of ether oxygens (including phenoxy) is 1. The van der Waals surface area contributed by atoms with Crippen LogP contribution in [0.25, 0.3) is 0 Å². The van der Waals surface area contributed by atoms with Crippen LogP contribution in [0.5, 0.6) is 0 Å². The number of hydrogen-bond acceptors (Lipinski definition) is 4. The van der Waals surface area contributed by atoms with Crippen molar-refractivity contribution < 1.29 is 14.3 Å². The van der Waals surface area contributed by atoms with E-state index in [4.69, 9.17) is 10.5 Å². The molecule has 0 heterocycles. The highest BCUT2D eigenvalue weighted by molar-refractivity contribution is 5.88. The van der Waals surface area contributed by atoms with Gasteiger partial charge in [-0.05, 0) is 19.8 Å². The predicted molar refractivity (Wildman–Crippen MR) is 79.5 cm³/mol. The zero-order valence-electron chi connectivity index (χ0n) is 13.2. The van der Waals surface area contributed by atoms with Crippen molar-refractivity contribution in [3.63, 3.8) is 0 Å². The van der Waals surface area contributed by atoms with Crippen LogP contribution in [-0.4, -0.2) is 43.2 Å². The summed E-state index contributed by atoms with van der Waals surface area (Å²) in [6.45, 7) is 7.35. The first-order valence-electron chi connectivity index (χ1n) is 7.79. The van der Waals surface area contributed by atoms with Crippen molar-refractivity contribution in [2.75, 3.05) is 19.7 Å². The Kier molecular flexibility index (Phi) is 4.58. The van der Waals surface area contributed by atoms with Gasteiger partial charge in [0.25, 0.3) is 0 Å². The smallest absolute Gasteiger partial charge is 0.240 e. The third kappa shape index (κ3) is 3.06. The van der Waals surface area contributed by atoms with E-state index in [0.717, 1.165) is 12.8 Å². The largest absolute Gasteiger partial charge is 0.378 e. The first-order chi connectivity index (χ1) is 9.83. The van der Waals surface area contributed by atoms with E-state index in [1.165, 1.54) is 0 Å². The SMILES string of the molecule is CCOC1CC(N)(C(=O)NCCNC(=O)C2CC2)C1(C)C. The lowest BCUT2D eigenvalue weighted by molar-refractivity contribution is -0.170. The molecule has 0 spiro atoms. The molecule has 2 fully saturated rings. The molecule has 0 aliphatic heterocycles. The Bertz CT molecular complexity index is 420. The highest BCUT2D eigenvalue weighted by Crippen LogP contribution is 2.49. The molecule has 6 heteroatoms. The van der Waals surface area contributed by atoms with Gasteiger partial charge in [-0.3, -0.25) is 9.59 Å². The molecule has 2 aliphatic carbocycles. The van der Waals surface area contributed by atoms with Crippen LogP contribution in [0.15, 0.2) is 0 Å². The monoisotopic (exact) mass is 297 g/mol. The van der Waals surface area contributed by atoms with Crippen LogP contribution in [0.2, 0.25) is 0 Å². The normalized spacial score (nSPS) is 30.4. The maximum Gasteiger partial charge on any atom is 0.240 e. The van der Waals surface area contributed by atoms with E-state index in [-0.39, 0.29) is 29.3 Å². The van der Waals surface area contributed by atoms with E-state index >= 15 is 0 Å². The van der Waals surface area contributed by atoms with Crippen LogP contribution in [0.3, 0.4) is 0 Å². The molecule has 0 aromatic carbocycles. The van der Waals surface area contributed by atoms with Gasteiger partial charge >= 0.3 is 0 Å². The van der Waals surface area contributed by atoms with E-state index in [2.05, 4.69) is 10.6 Å². The van der Waals surface area contributed by atoms with Gasteiger partial charge in [-0.1, -0.05) is 13.8 Å². The third-order valence-electron chi connectivity index (χ3n) is 4.89. The van der Waals surface area contributed by atoms with Crippen LogP contribution in [0.4, 0.5) is 0 Å². The van der Waals surface area contributed by atoms with E-state index in [1.807, 2.05) is 20.8 Å². The van der Waals surface area contributed by atoms with Gasteiger partial charge in [0.05, 0.1) is 6.10 Å².